The van der Waals surface area contributed by atoms with Gasteiger partial charge in [0.1, 0.15) is 5.75 Å². The van der Waals surface area contributed by atoms with Crippen molar-refractivity contribution < 1.29 is 22.7 Å². The third-order valence-corrected chi connectivity index (χ3v) is 4.77. The monoisotopic (exact) mass is 378 g/mol. The fraction of sp³-hybridized carbons (Fsp3) is 0.350. The second-order valence-corrected chi connectivity index (χ2v) is 6.38. The first kappa shape index (κ1) is 19.2. The van der Waals surface area contributed by atoms with E-state index in [9.17, 15) is 18.0 Å². The van der Waals surface area contributed by atoms with Crippen LogP contribution in [-0.4, -0.2) is 19.6 Å². The van der Waals surface area contributed by atoms with Gasteiger partial charge in [0, 0.05) is 17.8 Å². The number of hydrogen-bond donors (Lipinski definition) is 2. The van der Waals surface area contributed by atoms with Crippen LogP contribution in [0.3, 0.4) is 0 Å². The number of alkyl halides is 3. The average Bonchev–Trinajstić information content (AvgIpc) is 2.66. The van der Waals surface area contributed by atoms with Gasteiger partial charge in [0.25, 0.3) is 5.91 Å². The minimum atomic E-state index is -4.60. The number of hydrogen-bond acceptors (Lipinski definition) is 3. The smallest absolute Gasteiger partial charge is 0.419 e. The van der Waals surface area contributed by atoms with Gasteiger partial charge in [-0.2, -0.15) is 13.2 Å². The molecule has 0 radical (unpaired) electrons. The number of carbonyl (C=O) groups excluding carboxylic acids is 1. The first-order valence-corrected chi connectivity index (χ1v) is 8.76. The number of amides is 1. The Hall–Kier alpha value is -2.54. The molecule has 0 saturated carbocycles. The number of methoxy groups -OCH3 is 1. The molecule has 0 unspecified atom stereocenters. The molecular weight excluding hydrogens is 357 g/mol. The summed E-state index contributed by atoms with van der Waals surface area (Å²) in [5.41, 5.74) is 3.01. The minimum Gasteiger partial charge on any atom is -0.496 e. The van der Waals surface area contributed by atoms with Crippen molar-refractivity contribution >= 4 is 11.6 Å². The van der Waals surface area contributed by atoms with Gasteiger partial charge >= 0.3 is 6.18 Å². The Kier molecular flexibility index (Phi) is 5.41. The molecule has 0 fully saturated rings. The van der Waals surface area contributed by atoms with Crippen LogP contribution in [0.1, 0.15) is 39.5 Å². The van der Waals surface area contributed by atoms with Crippen LogP contribution in [0.5, 0.6) is 5.75 Å². The van der Waals surface area contributed by atoms with Crippen molar-refractivity contribution in [1.29, 1.82) is 0 Å². The molecule has 144 valence electrons. The molecule has 0 bridgehead atoms. The van der Waals surface area contributed by atoms with Crippen LogP contribution in [-0.2, 0) is 25.6 Å². The van der Waals surface area contributed by atoms with E-state index in [-0.39, 0.29) is 11.3 Å². The second-order valence-electron chi connectivity index (χ2n) is 6.38. The van der Waals surface area contributed by atoms with E-state index in [4.69, 9.17) is 4.74 Å². The molecule has 2 aromatic rings. The van der Waals surface area contributed by atoms with Crippen LogP contribution in [0.15, 0.2) is 30.3 Å². The maximum atomic E-state index is 13.2. The Morgan fingerprint density at radius 2 is 2.04 bits per heavy atom. The van der Waals surface area contributed by atoms with Crippen molar-refractivity contribution in [2.24, 2.45) is 0 Å². The summed E-state index contributed by atoms with van der Waals surface area (Å²) in [7, 11) is 1.17. The van der Waals surface area contributed by atoms with Crippen molar-refractivity contribution in [3.63, 3.8) is 0 Å². The van der Waals surface area contributed by atoms with E-state index in [1.807, 2.05) is 19.1 Å². The van der Waals surface area contributed by atoms with Crippen molar-refractivity contribution in [3.05, 3.63) is 58.1 Å². The highest BCUT2D eigenvalue weighted by molar-refractivity contribution is 6.05. The van der Waals surface area contributed by atoms with Gasteiger partial charge in [0.05, 0.1) is 12.7 Å². The minimum absolute atomic E-state index is 0.0685. The zero-order valence-electron chi connectivity index (χ0n) is 15.2. The number of ether oxygens (including phenoxy) is 1. The third kappa shape index (κ3) is 3.93. The summed E-state index contributed by atoms with van der Waals surface area (Å²) in [6.45, 7) is 3.63. The highest BCUT2D eigenvalue weighted by Crippen LogP contribution is 2.37. The van der Waals surface area contributed by atoms with Crippen LogP contribution in [0.25, 0.3) is 0 Å². The van der Waals surface area contributed by atoms with E-state index in [0.717, 1.165) is 49.2 Å². The van der Waals surface area contributed by atoms with Gasteiger partial charge < -0.3 is 15.4 Å². The Balaban J connectivity index is 1.92. The summed E-state index contributed by atoms with van der Waals surface area (Å²) in [4.78, 5) is 12.6. The molecule has 0 saturated heterocycles. The predicted molar refractivity (Wildman–Crippen MR) is 97.2 cm³/mol. The number of benzene rings is 2. The van der Waals surface area contributed by atoms with Crippen LogP contribution in [0.4, 0.5) is 18.9 Å². The maximum Gasteiger partial charge on any atom is 0.419 e. The zero-order valence-corrected chi connectivity index (χ0v) is 15.2. The Bertz CT molecular complexity index is 863. The van der Waals surface area contributed by atoms with E-state index in [0.29, 0.717) is 5.69 Å². The van der Waals surface area contributed by atoms with E-state index in [1.54, 1.807) is 0 Å². The van der Waals surface area contributed by atoms with E-state index in [1.165, 1.54) is 18.7 Å². The highest BCUT2D eigenvalue weighted by atomic mass is 19.4. The van der Waals surface area contributed by atoms with E-state index >= 15 is 0 Å². The third-order valence-electron chi connectivity index (χ3n) is 4.77. The van der Waals surface area contributed by atoms with Crippen molar-refractivity contribution in [1.82, 2.24) is 5.32 Å². The molecule has 1 heterocycles. The molecule has 0 spiro atoms. The molecule has 1 amide bonds. The van der Waals surface area contributed by atoms with Gasteiger partial charge in [-0.1, -0.05) is 13.0 Å². The topological polar surface area (TPSA) is 50.4 Å². The van der Waals surface area contributed by atoms with Gasteiger partial charge in [0.2, 0.25) is 0 Å². The molecule has 2 aromatic carbocycles. The molecular formula is C20H21F3N2O2. The van der Waals surface area contributed by atoms with Crippen molar-refractivity contribution in [2.75, 3.05) is 19.0 Å². The average molecular weight is 378 g/mol. The molecule has 27 heavy (non-hydrogen) atoms. The Morgan fingerprint density at radius 1 is 1.26 bits per heavy atom. The lowest BCUT2D eigenvalue weighted by molar-refractivity contribution is -0.138. The summed E-state index contributed by atoms with van der Waals surface area (Å²) in [6.07, 6.45) is -2.96. The molecule has 0 atom stereocenters. The van der Waals surface area contributed by atoms with Gasteiger partial charge in [-0.15, -0.1) is 0 Å². The van der Waals surface area contributed by atoms with E-state index < -0.39 is 17.6 Å². The molecule has 3 rings (SSSR count). The molecule has 7 heteroatoms. The normalized spacial score (nSPS) is 13.8. The standard InChI is InChI=1S/C20H21F3N2O2/c1-3-14-15-11-24-9-8-12(15)4-6-17(14)25-19(26)13-5-7-18(27-2)16(10-13)20(21,22)23/h4-7,10,24H,3,8-9,11H2,1-2H3,(H,25,26). The Morgan fingerprint density at radius 3 is 2.70 bits per heavy atom. The van der Waals surface area contributed by atoms with Crippen LogP contribution in [0.2, 0.25) is 0 Å². The van der Waals surface area contributed by atoms with Crippen LogP contribution >= 0.6 is 0 Å². The number of halogens is 3. The molecule has 0 aromatic heterocycles. The first-order chi connectivity index (χ1) is 12.8. The lowest BCUT2D eigenvalue weighted by Crippen LogP contribution is -2.25. The van der Waals surface area contributed by atoms with Crippen LogP contribution < -0.4 is 15.4 Å². The highest BCUT2D eigenvalue weighted by Gasteiger charge is 2.35. The fourth-order valence-electron chi connectivity index (χ4n) is 3.42. The largest absolute Gasteiger partial charge is 0.496 e. The lowest BCUT2D eigenvalue weighted by atomic mass is 9.93. The Labute approximate surface area is 155 Å². The van der Waals surface area contributed by atoms with Gasteiger partial charge in [-0.3, -0.25) is 4.79 Å². The molecule has 1 aliphatic heterocycles. The number of rotatable bonds is 4. The summed E-state index contributed by atoms with van der Waals surface area (Å²) in [5.74, 6) is -0.894. The summed E-state index contributed by atoms with van der Waals surface area (Å²) in [6, 6.07) is 7.11. The first-order valence-electron chi connectivity index (χ1n) is 8.76. The zero-order chi connectivity index (χ0) is 19.6. The number of nitrogens with one attached hydrogen (secondary N) is 2. The molecule has 1 aliphatic rings. The maximum absolute atomic E-state index is 13.2. The van der Waals surface area contributed by atoms with E-state index in [2.05, 4.69) is 10.6 Å². The number of carbonyl (C=O) groups is 1. The molecule has 4 nitrogen and oxygen atoms in total. The lowest BCUT2D eigenvalue weighted by Gasteiger charge is -2.23. The summed E-state index contributed by atoms with van der Waals surface area (Å²) in [5, 5.41) is 6.08. The van der Waals surface area contributed by atoms with Gasteiger partial charge in [0.15, 0.2) is 0 Å². The predicted octanol–water partition coefficient (Wildman–Crippen LogP) is 4.17. The second kappa shape index (κ2) is 7.60. The van der Waals surface area contributed by atoms with Crippen molar-refractivity contribution in [2.45, 2.75) is 32.5 Å². The van der Waals surface area contributed by atoms with Gasteiger partial charge in [-0.05, 0) is 60.3 Å². The quantitative estimate of drug-likeness (QED) is 0.839. The molecule has 0 aliphatic carbocycles. The summed E-state index contributed by atoms with van der Waals surface area (Å²) < 4.78 is 44.3. The summed E-state index contributed by atoms with van der Waals surface area (Å²) >= 11 is 0. The van der Waals surface area contributed by atoms with Crippen molar-refractivity contribution in [3.8, 4) is 5.75 Å². The number of anilines is 1. The fourth-order valence-corrected chi connectivity index (χ4v) is 3.42. The SMILES string of the molecule is CCc1c(NC(=O)c2ccc(OC)c(C(F)(F)F)c2)ccc2c1CNCC2. The number of fused-ring (bicyclic) bond motifs is 1. The van der Waals surface area contributed by atoms with Gasteiger partial charge in [-0.25, -0.2) is 0 Å². The molecule has 2 N–H and O–H groups in total. The van der Waals surface area contributed by atoms with Crippen LogP contribution in [0, 0.1) is 0 Å².